The number of benzene rings is 1. The van der Waals surface area contributed by atoms with E-state index in [1.807, 2.05) is 0 Å². The lowest BCUT2D eigenvalue weighted by Crippen LogP contribution is -2.59. The fraction of sp³-hybridized carbons (Fsp3) is 0.357. The monoisotopic (exact) mass is 292 g/mol. The molecular formula is C14H16N2O5. The predicted molar refractivity (Wildman–Crippen MR) is 72.8 cm³/mol. The van der Waals surface area contributed by atoms with Gasteiger partial charge in [-0.25, -0.2) is 0 Å². The van der Waals surface area contributed by atoms with E-state index in [9.17, 15) is 14.4 Å². The van der Waals surface area contributed by atoms with Gasteiger partial charge in [0.25, 0.3) is 5.91 Å². The number of hydrogen-bond acceptors (Lipinski definition) is 5. The Kier molecular flexibility index (Phi) is 4.42. The number of ether oxygens (including phenoxy) is 2. The van der Waals surface area contributed by atoms with Gasteiger partial charge in [-0.3, -0.25) is 19.7 Å². The van der Waals surface area contributed by atoms with Crippen LogP contribution in [0.3, 0.4) is 0 Å². The Hall–Kier alpha value is -2.57. The lowest BCUT2D eigenvalue weighted by molar-refractivity contribution is -0.150. The number of carbonyl (C=O) groups is 3. The van der Waals surface area contributed by atoms with E-state index in [2.05, 4.69) is 5.32 Å². The summed E-state index contributed by atoms with van der Waals surface area (Å²) in [5.74, 6) is -0.202. The van der Waals surface area contributed by atoms with Crippen LogP contribution in [0.5, 0.6) is 11.5 Å². The van der Waals surface area contributed by atoms with Crippen molar-refractivity contribution in [3.8, 4) is 11.5 Å². The summed E-state index contributed by atoms with van der Waals surface area (Å²) in [4.78, 5) is 36.0. The van der Waals surface area contributed by atoms with E-state index >= 15 is 0 Å². The minimum atomic E-state index is -0.685. The molecule has 0 aromatic heterocycles. The molecule has 1 heterocycles. The summed E-state index contributed by atoms with van der Waals surface area (Å²) < 4.78 is 10.4. The highest BCUT2D eigenvalue weighted by Gasteiger charge is 2.33. The summed E-state index contributed by atoms with van der Waals surface area (Å²) in [6.45, 7) is 1.18. The summed E-state index contributed by atoms with van der Waals surface area (Å²) >= 11 is 0. The van der Waals surface area contributed by atoms with Crippen molar-refractivity contribution >= 4 is 17.7 Å². The minimum absolute atomic E-state index is 0.141. The van der Waals surface area contributed by atoms with Crippen LogP contribution in [0.1, 0.15) is 6.92 Å². The Morgan fingerprint density at radius 2 is 1.90 bits per heavy atom. The first-order valence-electron chi connectivity index (χ1n) is 6.41. The molecule has 1 aliphatic rings. The summed E-state index contributed by atoms with van der Waals surface area (Å²) in [5.41, 5.74) is 0. The number of hydrogen-bond donors (Lipinski definition) is 1. The third kappa shape index (κ3) is 3.50. The second-order valence-corrected chi connectivity index (χ2v) is 4.57. The van der Waals surface area contributed by atoms with Crippen LogP contribution in [0.15, 0.2) is 24.3 Å². The molecule has 1 aliphatic heterocycles. The maximum Gasteiger partial charge on any atom is 0.261 e. The quantitative estimate of drug-likeness (QED) is 0.786. The van der Waals surface area contributed by atoms with Gasteiger partial charge in [-0.2, -0.15) is 0 Å². The smallest absolute Gasteiger partial charge is 0.261 e. The van der Waals surface area contributed by atoms with E-state index in [0.29, 0.717) is 11.5 Å². The number of imide groups is 1. The third-order valence-corrected chi connectivity index (χ3v) is 3.17. The topological polar surface area (TPSA) is 84.9 Å². The van der Waals surface area contributed by atoms with Gasteiger partial charge in [0.15, 0.2) is 6.61 Å². The average Bonchev–Trinajstić information content (AvgIpc) is 2.49. The van der Waals surface area contributed by atoms with Crippen LogP contribution >= 0.6 is 0 Å². The molecule has 1 aromatic rings. The van der Waals surface area contributed by atoms with Crippen LogP contribution in [0.25, 0.3) is 0 Å². The third-order valence-electron chi connectivity index (χ3n) is 3.17. The zero-order valence-corrected chi connectivity index (χ0v) is 11.8. The number of nitrogens with zero attached hydrogens (tertiary/aromatic N) is 1. The van der Waals surface area contributed by atoms with Gasteiger partial charge in [-0.05, 0) is 31.2 Å². The van der Waals surface area contributed by atoms with Gasteiger partial charge in [-0.1, -0.05) is 0 Å². The van der Waals surface area contributed by atoms with E-state index in [1.54, 1.807) is 38.3 Å². The Morgan fingerprint density at radius 1 is 1.29 bits per heavy atom. The van der Waals surface area contributed by atoms with Crippen molar-refractivity contribution < 1.29 is 23.9 Å². The second-order valence-electron chi connectivity index (χ2n) is 4.57. The van der Waals surface area contributed by atoms with Gasteiger partial charge in [0.05, 0.1) is 7.11 Å². The zero-order valence-electron chi connectivity index (χ0n) is 11.8. The second kappa shape index (κ2) is 6.25. The lowest BCUT2D eigenvalue weighted by atomic mass is 10.2. The average molecular weight is 292 g/mol. The lowest BCUT2D eigenvalue weighted by Gasteiger charge is -2.31. The highest BCUT2D eigenvalue weighted by Crippen LogP contribution is 2.17. The van der Waals surface area contributed by atoms with Crippen LogP contribution in [0.4, 0.5) is 0 Å². The van der Waals surface area contributed by atoms with Crippen LogP contribution in [-0.2, 0) is 14.4 Å². The molecule has 1 unspecified atom stereocenters. The van der Waals surface area contributed by atoms with Gasteiger partial charge in [0.2, 0.25) is 11.8 Å². The van der Waals surface area contributed by atoms with Gasteiger partial charge < -0.3 is 14.4 Å². The minimum Gasteiger partial charge on any atom is -0.497 e. The van der Waals surface area contributed by atoms with Crippen LogP contribution in [0, 0.1) is 0 Å². The van der Waals surface area contributed by atoms with Crippen LogP contribution < -0.4 is 14.8 Å². The van der Waals surface area contributed by atoms with Crippen molar-refractivity contribution in [1.29, 1.82) is 0 Å². The van der Waals surface area contributed by atoms with Crippen LogP contribution in [0.2, 0.25) is 0 Å². The predicted octanol–water partition coefficient (Wildman–Crippen LogP) is -0.0525. The van der Waals surface area contributed by atoms with Crippen molar-refractivity contribution in [3.63, 3.8) is 0 Å². The molecule has 1 atom stereocenters. The number of methoxy groups -OCH3 is 1. The highest BCUT2D eigenvalue weighted by molar-refractivity contribution is 6.04. The number of piperazine rings is 1. The first kappa shape index (κ1) is 14.8. The molecule has 7 nitrogen and oxygen atoms in total. The van der Waals surface area contributed by atoms with E-state index < -0.39 is 23.8 Å². The molecule has 1 N–H and O–H groups in total. The molecule has 7 heteroatoms. The van der Waals surface area contributed by atoms with Crippen molar-refractivity contribution in [3.05, 3.63) is 24.3 Å². The molecule has 0 radical (unpaired) electrons. The molecule has 1 saturated heterocycles. The Morgan fingerprint density at radius 3 is 2.52 bits per heavy atom. The van der Waals surface area contributed by atoms with Gasteiger partial charge >= 0.3 is 0 Å². The molecule has 0 spiro atoms. The fourth-order valence-corrected chi connectivity index (χ4v) is 1.92. The maximum atomic E-state index is 12.0. The summed E-state index contributed by atoms with van der Waals surface area (Å²) in [6, 6.07) is 6.07. The van der Waals surface area contributed by atoms with Gasteiger partial charge in [-0.15, -0.1) is 0 Å². The molecular weight excluding hydrogens is 276 g/mol. The standard InChI is InChI=1S/C14H16N2O5/c1-9-14(19)15-12(17)7-16(9)13(18)8-21-11-5-3-10(20-2)4-6-11/h3-6,9H,7-8H2,1-2H3,(H,15,17,19). The molecule has 1 aromatic carbocycles. The van der Waals surface area contributed by atoms with E-state index in [1.165, 1.54) is 4.90 Å². The van der Waals surface area contributed by atoms with E-state index in [-0.39, 0.29) is 13.2 Å². The Bertz CT molecular complexity index is 555. The van der Waals surface area contributed by atoms with Crippen molar-refractivity contribution in [2.45, 2.75) is 13.0 Å². The van der Waals surface area contributed by atoms with Crippen LogP contribution in [-0.4, -0.2) is 48.9 Å². The molecule has 1 fully saturated rings. The van der Waals surface area contributed by atoms with Crippen molar-refractivity contribution in [2.75, 3.05) is 20.3 Å². The highest BCUT2D eigenvalue weighted by atomic mass is 16.5. The Labute approximate surface area is 121 Å². The van der Waals surface area contributed by atoms with E-state index in [4.69, 9.17) is 9.47 Å². The molecule has 3 amide bonds. The molecule has 0 aliphatic carbocycles. The number of amides is 3. The summed E-state index contributed by atoms with van der Waals surface area (Å²) in [6.07, 6.45) is 0. The van der Waals surface area contributed by atoms with Crippen molar-refractivity contribution in [1.82, 2.24) is 10.2 Å². The fourth-order valence-electron chi connectivity index (χ4n) is 1.92. The molecule has 21 heavy (non-hydrogen) atoms. The SMILES string of the molecule is COc1ccc(OCC(=O)N2CC(=O)NC(=O)C2C)cc1. The zero-order chi connectivity index (χ0) is 15.4. The molecule has 2 rings (SSSR count). The summed E-state index contributed by atoms with van der Waals surface area (Å²) in [7, 11) is 1.55. The molecule has 0 bridgehead atoms. The van der Waals surface area contributed by atoms with Gasteiger partial charge in [0.1, 0.15) is 24.1 Å². The first-order chi connectivity index (χ1) is 10.0. The first-order valence-corrected chi connectivity index (χ1v) is 6.41. The van der Waals surface area contributed by atoms with E-state index in [0.717, 1.165) is 0 Å². The maximum absolute atomic E-state index is 12.0. The molecule has 0 saturated carbocycles. The largest absolute Gasteiger partial charge is 0.497 e. The number of rotatable bonds is 4. The normalized spacial score (nSPS) is 18.2. The number of carbonyl (C=O) groups excluding carboxylic acids is 3. The van der Waals surface area contributed by atoms with Gasteiger partial charge in [0, 0.05) is 0 Å². The molecule has 112 valence electrons. The Balaban J connectivity index is 1.94. The van der Waals surface area contributed by atoms with Crippen molar-refractivity contribution in [2.24, 2.45) is 0 Å². The number of nitrogens with one attached hydrogen (secondary N) is 1. The summed E-state index contributed by atoms with van der Waals surface area (Å²) in [5, 5.41) is 2.17.